The van der Waals surface area contributed by atoms with Crippen molar-refractivity contribution >= 4 is 17.4 Å². The second kappa shape index (κ2) is 6.90. The standard InChI is InChI=1S/C19H22ClN3O2/c20-16-3-1-15(2-4-16)19(24)6-8-23(9-7-19)18-11-17(21-13-22-18)14-5-10-25-12-14/h1-4,11,13-14,24H,5-10,12H2/t14-/m1/s1. The summed E-state index contributed by atoms with van der Waals surface area (Å²) in [6.45, 7) is 3.07. The van der Waals surface area contributed by atoms with E-state index in [0.717, 1.165) is 49.8 Å². The fourth-order valence-corrected chi connectivity index (χ4v) is 3.81. The molecule has 0 amide bonds. The summed E-state index contributed by atoms with van der Waals surface area (Å²) >= 11 is 5.95. The van der Waals surface area contributed by atoms with Gasteiger partial charge in [-0.2, -0.15) is 0 Å². The highest BCUT2D eigenvalue weighted by atomic mass is 35.5. The maximum atomic E-state index is 11.0. The van der Waals surface area contributed by atoms with Crippen LogP contribution in [-0.4, -0.2) is 41.4 Å². The van der Waals surface area contributed by atoms with Crippen molar-refractivity contribution in [1.82, 2.24) is 9.97 Å². The summed E-state index contributed by atoms with van der Waals surface area (Å²) in [5.74, 6) is 1.31. The molecule has 1 atom stereocenters. The highest BCUT2D eigenvalue weighted by molar-refractivity contribution is 6.30. The summed E-state index contributed by atoms with van der Waals surface area (Å²) in [6, 6.07) is 9.58. The number of halogens is 1. The van der Waals surface area contributed by atoms with Crippen molar-refractivity contribution in [3.63, 3.8) is 0 Å². The van der Waals surface area contributed by atoms with Crippen LogP contribution in [0, 0.1) is 0 Å². The van der Waals surface area contributed by atoms with Crippen molar-refractivity contribution in [1.29, 1.82) is 0 Å². The Morgan fingerprint density at radius 2 is 1.92 bits per heavy atom. The molecule has 0 bridgehead atoms. The summed E-state index contributed by atoms with van der Waals surface area (Å²) in [7, 11) is 0. The van der Waals surface area contributed by atoms with E-state index >= 15 is 0 Å². The van der Waals surface area contributed by atoms with Gasteiger partial charge < -0.3 is 14.7 Å². The van der Waals surface area contributed by atoms with Gasteiger partial charge in [0.2, 0.25) is 0 Å². The average Bonchev–Trinajstić information content (AvgIpc) is 3.18. The Bertz CT molecular complexity index is 724. The zero-order valence-electron chi connectivity index (χ0n) is 14.1. The predicted molar refractivity (Wildman–Crippen MR) is 97.0 cm³/mol. The molecule has 4 rings (SSSR count). The van der Waals surface area contributed by atoms with Crippen LogP contribution in [0.15, 0.2) is 36.7 Å². The van der Waals surface area contributed by atoms with Crippen LogP contribution in [0.5, 0.6) is 0 Å². The largest absolute Gasteiger partial charge is 0.385 e. The zero-order valence-corrected chi connectivity index (χ0v) is 14.8. The van der Waals surface area contributed by atoms with Gasteiger partial charge in [0, 0.05) is 36.7 Å². The lowest BCUT2D eigenvalue weighted by Crippen LogP contribution is -2.43. The topological polar surface area (TPSA) is 58.5 Å². The summed E-state index contributed by atoms with van der Waals surface area (Å²) in [5, 5.41) is 11.7. The summed E-state index contributed by atoms with van der Waals surface area (Å²) in [6.07, 6.45) is 4.00. The van der Waals surface area contributed by atoms with Crippen molar-refractivity contribution in [2.24, 2.45) is 0 Å². The lowest BCUT2D eigenvalue weighted by atomic mass is 9.84. The Labute approximate surface area is 152 Å². The molecule has 1 N–H and O–H groups in total. The third-order valence-electron chi connectivity index (χ3n) is 5.32. The van der Waals surface area contributed by atoms with E-state index < -0.39 is 5.60 Å². The maximum Gasteiger partial charge on any atom is 0.132 e. The van der Waals surface area contributed by atoms with Crippen molar-refractivity contribution in [3.05, 3.63) is 52.9 Å². The van der Waals surface area contributed by atoms with Crippen LogP contribution >= 0.6 is 11.6 Å². The Morgan fingerprint density at radius 1 is 1.16 bits per heavy atom. The van der Waals surface area contributed by atoms with Gasteiger partial charge in [-0.05, 0) is 37.0 Å². The first-order valence-corrected chi connectivity index (χ1v) is 9.15. The quantitative estimate of drug-likeness (QED) is 0.912. The van der Waals surface area contributed by atoms with Gasteiger partial charge in [-0.1, -0.05) is 23.7 Å². The average molecular weight is 360 g/mol. The van der Waals surface area contributed by atoms with Crippen LogP contribution in [0.3, 0.4) is 0 Å². The predicted octanol–water partition coefficient (Wildman–Crippen LogP) is 3.12. The molecule has 0 saturated carbocycles. The fourth-order valence-electron chi connectivity index (χ4n) is 3.68. The third-order valence-corrected chi connectivity index (χ3v) is 5.57. The summed E-state index contributed by atoms with van der Waals surface area (Å²) in [5.41, 5.74) is 1.19. The summed E-state index contributed by atoms with van der Waals surface area (Å²) < 4.78 is 5.47. The Balaban J connectivity index is 1.46. The van der Waals surface area contributed by atoms with Crippen LogP contribution in [0.25, 0.3) is 0 Å². The highest BCUT2D eigenvalue weighted by Crippen LogP contribution is 2.35. The SMILES string of the molecule is OC1(c2ccc(Cl)cc2)CCN(c2cc([C@@H]3CCOC3)ncn2)CC1. The molecule has 6 heteroatoms. The van der Waals surface area contributed by atoms with E-state index in [0.29, 0.717) is 23.8 Å². The van der Waals surface area contributed by atoms with E-state index in [2.05, 4.69) is 20.9 Å². The monoisotopic (exact) mass is 359 g/mol. The van der Waals surface area contributed by atoms with E-state index in [1.54, 1.807) is 6.33 Å². The lowest BCUT2D eigenvalue weighted by molar-refractivity contribution is 0.0116. The minimum absolute atomic E-state index is 0.373. The molecule has 25 heavy (non-hydrogen) atoms. The van der Waals surface area contributed by atoms with Gasteiger partial charge in [-0.3, -0.25) is 0 Å². The Morgan fingerprint density at radius 3 is 2.60 bits per heavy atom. The van der Waals surface area contributed by atoms with E-state index in [9.17, 15) is 5.11 Å². The normalized spacial score (nSPS) is 23.0. The molecule has 0 radical (unpaired) electrons. The van der Waals surface area contributed by atoms with Crippen molar-refractivity contribution in [2.75, 3.05) is 31.2 Å². The molecule has 2 saturated heterocycles. The number of aliphatic hydroxyl groups is 1. The third kappa shape index (κ3) is 3.50. The zero-order chi connectivity index (χ0) is 17.3. The van der Waals surface area contributed by atoms with Gasteiger partial charge in [0.15, 0.2) is 0 Å². The number of benzene rings is 1. The number of hydrogen-bond acceptors (Lipinski definition) is 5. The molecule has 2 aromatic rings. The molecule has 0 spiro atoms. The number of rotatable bonds is 3. The van der Waals surface area contributed by atoms with Gasteiger partial charge >= 0.3 is 0 Å². The summed E-state index contributed by atoms with van der Waals surface area (Å²) in [4.78, 5) is 11.1. The van der Waals surface area contributed by atoms with Gasteiger partial charge in [0.25, 0.3) is 0 Å². The molecule has 2 fully saturated rings. The van der Waals surface area contributed by atoms with Gasteiger partial charge in [0.1, 0.15) is 12.1 Å². The van der Waals surface area contributed by atoms with Crippen molar-refractivity contribution < 1.29 is 9.84 Å². The molecule has 0 unspecified atom stereocenters. The smallest absolute Gasteiger partial charge is 0.132 e. The first kappa shape index (κ1) is 16.8. The van der Waals surface area contributed by atoms with Crippen LogP contribution in [0.1, 0.15) is 36.4 Å². The highest BCUT2D eigenvalue weighted by Gasteiger charge is 2.34. The van der Waals surface area contributed by atoms with Crippen LogP contribution < -0.4 is 4.90 Å². The van der Waals surface area contributed by atoms with Gasteiger partial charge in [-0.25, -0.2) is 9.97 Å². The molecule has 2 aliphatic heterocycles. The van der Waals surface area contributed by atoms with Crippen molar-refractivity contribution in [3.8, 4) is 0 Å². The van der Waals surface area contributed by atoms with E-state index in [1.165, 1.54) is 0 Å². The van der Waals surface area contributed by atoms with Gasteiger partial charge in [-0.15, -0.1) is 0 Å². The van der Waals surface area contributed by atoms with E-state index in [4.69, 9.17) is 16.3 Å². The number of ether oxygens (including phenoxy) is 1. The van der Waals surface area contributed by atoms with E-state index in [-0.39, 0.29) is 0 Å². The van der Waals surface area contributed by atoms with Crippen LogP contribution in [0.2, 0.25) is 5.02 Å². The van der Waals surface area contributed by atoms with Crippen LogP contribution in [-0.2, 0) is 10.3 Å². The molecule has 3 heterocycles. The molecular weight excluding hydrogens is 338 g/mol. The molecule has 5 nitrogen and oxygen atoms in total. The molecule has 1 aromatic heterocycles. The first-order chi connectivity index (χ1) is 12.1. The second-order valence-corrected chi connectivity index (χ2v) is 7.32. The number of anilines is 1. The first-order valence-electron chi connectivity index (χ1n) is 8.77. The molecule has 0 aliphatic carbocycles. The fraction of sp³-hybridized carbons (Fsp3) is 0.474. The van der Waals surface area contributed by atoms with E-state index in [1.807, 2.05) is 24.3 Å². The Hall–Kier alpha value is -1.69. The Kier molecular flexibility index (Phi) is 4.63. The maximum absolute atomic E-state index is 11.0. The molecule has 2 aliphatic rings. The second-order valence-electron chi connectivity index (χ2n) is 6.89. The van der Waals surface area contributed by atoms with Gasteiger partial charge in [0.05, 0.1) is 17.9 Å². The number of piperidine rings is 1. The lowest BCUT2D eigenvalue weighted by Gasteiger charge is -2.39. The number of aromatic nitrogens is 2. The minimum Gasteiger partial charge on any atom is -0.385 e. The molecule has 132 valence electrons. The molecular formula is C19H22ClN3O2. The van der Waals surface area contributed by atoms with Crippen LogP contribution in [0.4, 0.5) is 5.82 Å². The van der Waals surface area contributed by atoms with Crippen molar-refractivity contribution in [2.45, 2.75) is 30.8 Å². The minimum atomic E-state index is -0.795. The number of hydrogen-bond donors (Lipinski definition) is 1. The number of nitrogens with zero attached hydrogens (tertiary/aromatic N) is 3. The molecule has 1 aromatic carbocycles.